The van der Waals surface area contributed by atoms with E-state index in [1.807, 2.05) is 43.3 Å². The van der Waals surface area contributed by atoms with Crippen LogP contribution < -0.4 is 5.32 Å². The Hall–Kier alpha value is -3.52. The second-order valence-corrected chi connectivity index (χ2v) is 7.22. The van der Waals surface area contributed by atoms with E-state index in [-0.39, 0.29) is 11.6 Å². The number of rotatable bonds is 9. The Kier molecular flexibility index (Phi) is 7.15. The van der Waals surface area contributed by atoms with Crippen LogP contribution in [0, 0.1) is 24.0 Å². The van der Waals surface area contributed by atoms with Crippen molar-refractivity contribution < 1.29 is 14.5 Å². The molecule has 0 bridgehead atoms. The number of hydrogen-bond donors (Lipinski definition) is 1. The molecule has 0 atom stereocenters. The summed E-state index contributed by atoms with van der Waals surface area (Å²) in [5.41, 5.74) is 4.47. The molecule has 0 aliphatic rings. The number of ether oxygens (including phenoxy) is 1. The molecular weight excluding hydrogens is 396 g/mol. The Morgan fingerprint density at radius 1 is 1.13 bits per heavy atom. The van der Waals surface area contributed by atoms with Gasteiger partial charge in [-0.1, -0.05) is 36.4 Å². The van der Waals surface area contributed by atoms with Gasteiger partial charge in [0.2, 0.25) is 0 Å². The van der Waals surface area contributed by atoms with Crippen LogP contribution in [0.25, 0.3) is 0 Å². The lowest BCUT2D eigenvalue weighted by Gasteiger charge is -2.11. The molecule has 0 radical (unpaired) electrons. The molecule has 1 amide bonds. The Bertz CT molecular complexity index is 1070. The van der Waals surface area contributed by atoms with Gasteiger partial charge in [-0.2, -0.15) is 5.10 Å². The molecular formula is C23H26N4O4. The van der Waals surface area contributed by atoms with Gasteiger partial charge in [0, 0.05) is 18.7 Å². The second-order valence-electron chi connectivity index (χ2n) is 7.22. The van der Waals surface area contributed by atoms with E-state index in [9.17, 15) is 14.9 Å². The third-order valence-corrected chi connectivity index (χ3v) is 5.09. The molecule has 2 aromatic carbocycles. The van der Waals surface area contributed by atoms with Gasteiger partial charge in [0.05, 0.1) is 18.1 Å². The van der Waals surface area contributed by atoms with Gasteiger partial charge < -0.3 is 10.1 Å². The highest BCUT2D eigenvalue weighted by Crippen LogP contribution is 2.22. The molecule has 0 fully saturated rings. The number of hydrogen-bond acceptors (Lipinski definition) is 5. The number of carbonyl (C=O) groups is 1. The summed E-state index contributed by atoms with van der Waals surface area (Å²) in [6, 6.07) is 15.0. The molecule has 31 heavy (non-hydrogen) atoms. The quantitative estimate of drug-likeness (QED) is 0.416. The summed E-state index contributed by atoms with van der Waals surface area (Å²) in [7, 11) is 0. The fourth-order valence-corrected chi connectivity index (χ4v) is 3.40. The van der Waals surface area contributed by atoms with E-state index < -0.39 is 4.92 Å². The largest absolute Gasteiger partial charge is 0.377 e. The maximum Gasteiger partial charge on any atom is 0.312 e. The van der Waals surface area contributed by atoms with Crippen LogP contribution >= 0.6 is 0 Å². The molecule has 162 valence electrons. The molecule has 0 aliphatic carbocycles. The number of carbonyl (C=O) groups excluding carboxylic acids is 1. The number of nitrogens with zero attached hydrogens (tertiary/aromatic N) is 3. The van der Waals surface area contributed by atoms with Crippen molar-refractivity contribution in [2.24, 2.45) is 0 Å². The summed E-state index contributed by atoms with van der Waals surface area (Å²) >= 11 is 0. The van der Waals surface area contributed by atoms with Crippen molar-refractivity contribution in [2.75, 3.05) is 6.61 Å². The summed E-state index contributed by atoms with van der Waals surface area (Å²) in [4.78, 5) is 23.3. The summed E-state index contributed by atoms with van der Waals surface area (Å²) < 4.78 is 7.10. The van der Waals surface area contributed by atoms with E-state index in [0.29, 0.717) is 43.3 Å². The van der Waals surface area contributed by atoms with Gasteiger partial charge in [0.15, 0.2) is 0 Å². The number of nitrogens with one attached hydrogen (secondary N) is 1. The first-order chi connectivity index (χ1) is 14.9. The molecule has 1 aromatic heterocycles. The third-order valence-electron chi connectivity index (χ3n) is 5.09. The van der Waals surface area contributed by atoms with Crippen molar-refractivity contribution in [1.29, 1.82) is 0 Å². The third kappa shape index (κ3) is 5.35. The molecule has 0 aliphatic heterocycles. The zero-order valence-corrected chi connectivity index (χ0v) is 17.9. The average Bonchev–Trinajstić information content (AvgIpc) is 3.04. The van der Waals surface area contributed by atoms with E-state index >= 15 is 0 Å². The molecule has 8 nitrogen and oxygen atoms in total. The van der Waals surface area contributed by atoms with Crippen LogP contribution in [0.5, 0.6) is 0 Å². The topological polar surface area (TPSA) is 99.3 Å². The highest BCUT2D eigenvalue weighted by molar-refractivity contribution is 5.94. The first-order valence-electron chi connectivity index (χ1n) is 10.1. The molecule has 1 heterocycles. The highest BCUT2D eigenvalue weighted by Gasteiger charge is 2.21. The second kappa shape index (κ2) is 9.99. The highest BCUT2D eigenvalue weighted by atomic mass is 16.6. The maximum absolute atomic E-state index is 12.6. The molecule has 0 spiro atoms. The summed E-state index contributed by atoms with van der Waals surface area (Å²) in [5, 5.41) is 18.4. The lowest BCUT2D eigenvalue weighted by Crippen LogP contribution is -2.23. The lowest BCUT2D eigenvalue weighted by molar-refractivity contribution is -0.386. The van der Waals surface area contributed by atoms with E-state index in [4.69, 9.17) is 4.74 Å². The van der Waals surface area contributed by atoms with Crippen molar-refractivity contribution in [3.63, 3.8) is 0 Å². The molecule has 0 saturated carbocycles. The maximum atomic E-state index is 12.6. The van der Waals surface area contributed by atoms with Gasteiger partial charge in [-0.25, -0.2) is 0 Å². The molecule has 8 heteroatoms. The number of aromatic nitrogens is 2. The number of benzene rings is 2. The Labute approximate surface area is 181 Å². The Morgan fingerprint density at radius 3 is 2.42 bits per heavy atom. The lowest BCUT2D eigenvalue weighted by atomic mass is 10.1. The summed E-state index contributed by atoms with van der Waals surface area (Å²) in [6.07, 6.45) is 0. The van der Waals surface area contributed by atoms with Gasteiger partial charge in [-0.05, 0) is 49.6 Å². The van der Waals surface area contributed by atoms with Gasteiger partial charge in [-0.15, -0.1) is 0 Å². The standard InChI is InChI=1S/C23H26N4O4/c1-4-31-15-21-8-6-5-7-20(21)13-24-23(28)19-11-9-18(10-12-19)14-26-17(3)22(27(29)30)16(2)25-26/h5-12H,4,13-15H2,1-3H3,(H,24,28). The zero-order valence-electron chi connectivity index (χ0n) is 17.9. The van der Waals surface area contributed by atoms with Gasteiger partial charge in [0.1, 0.15) is 11.4 Å². The number of amides is 1. The van der Waals surface area contributed by atoms with Gasteiger partial charge in [-0.3, -0.25) is 19.6 Å². The van der Waals surface area contributed by atoms with Crippen molar-refractivity contribution in [3.05, 3.63) is 92.3 Å². The van der Waals surface area contributed by atoms with Crippen LogP contribution in [0.15, 0.2) is 48.5 Å². The predicted molar refractivity (Wildman–Crippen MR) is 117 cm³/mol. The van der Waals surface area contributed by atoms with Crippen LogP contribution in [0.1, 0.15) is 45.4 Å². The van der Waals surface area contributed by atoms with Crippen LogP contribution in [0.3, 0.4) is 0 Å². The monoisotopic (exact) mass is 422 g/mol. The fourth-order valence-electron chi connectivity index (χ4n) is 3.40. The van der Waals surface area contributed by atoms with E-state index in [1.165, 1.54) is 0 Å². The first-order valence-corrected chi connectivity index (χ1v) is 10.1. The van der Waals surface area contributed by atoms with E-state index in [2.05, 4.69) is 10.4 Å². The number of nitro groups is 1. The minimum absolute atomic E-state index is 0.0422. The van der Waals surface area contributed by atoms with Crippen molar-refractivity contribution in [1.82, 2.24) is 15.1 Å². The van der Waals surface area contributed by atoms with Gasteiger partial charge >= 0.3 is 5.69 Å². The molecule has 1 N–H and O–H groups in total. The molecule has 0 unspecified atom stereocenters. The van der Waals surface area contributed by atoms with Gasteiger partial charge in [0.25, 0.3) is 5.91 Å². The Morgan fingerprint density at radius 2 is 1.81 bits per heavy atom. The first kappa shape index (κ1) is 22.2. The molecule has 3 rings (SSSR count). The molecule has 0 saturated heterocycles. The van der Waals surface area contributed by atoms with Crippen molar-refractivity contribution in [2.45, 2.75) is 40.5 Å². The van der Waals surface area contributed by atoms with Crippen LogP contribution in [-0.2, 0) is 24.4 Å². The van der Waals surface area contributed by atoms with E-state index in [0.717, 1.165) is 16.7 Å². The van der Waals surface area contributed by atoms with E-state index in [1.54, 1.807) is 30.7 Å². The number of aryl methyl sites for hydroxylation is 1. The van der Waals surface area contributed by atoms with Crippen LogP contribution in [0.2, 0.25) is 0 Å². The SMILES string of the molecule is CCOCc1ccccc1CNC(=O)c1ccc(Cn2nc(C)c([N+](=O)[O-])c2C)cc1. The fraction of sp³-hybridized carbons (Fsp3) is 0.304. The minimum Gasteiger partial charge on any atom is -0.377 e. The normalized spacial score (nSPS) is 10.8. The minimum atomic E-state index is -0.409. The van der Waals surface area contributed by atoms with Crippen LogP contribution in [0.4, 0.5) is 5.69 Å². The average molecular weight is 422 g/mol. The van der Waals surface area contributed by atoms with Crippen molar-refractivity contribution >= 4 is 11.6 Å². The predicted octanol–water partition coefficient (Wildman–Crippen LogP) is 3.92. The van der Waals surface area contributed by atoms with Crippen LogP contribution in [-0.4, -0.2) is 27.2 Å². The smallest absolute Gasteiger partial charge is 0.312 e. The summed E-state index contributed by atoms with van der Waals surface area (Å²) in [5.74, 6) is -0.167. The zero-order chi connectivity index (χ0) is 22.4. The molecule has 3 aromatic rings. The van der Waals surface area contributed by atoms with Crippen molar-refractivity contribution in [3.8, 4) is 0 Å². The summed E-state index contributed by atoms with van der Waals surface area (Å²) in [6.45, 7) is 7.22. The Balaban J connectivity index is 1.64.